The third-order valence-corrected chi connectivity index (χ3v) is 4.24. The van der Waals surface area contributed by atoms with Crippen molar-refractivity contribution >= 4 is 31.9 Å². The Bertz CT molecular complexity index is 599. The normalized spacial score (nSPS) is 10.8. The van der Waals surface area contributed by atoms with Gasteiger partial charge in [-0.05, 0) is 48.0 Å². The molecule has 19 heavy (non-hydrogen) atoms. The van der Waals surface area contributed by atoms with E-state index in [2.05, 4.69) is 37.0 Å². The lowest BCUT2D eigenvalue weighted by atomic mass is 10.3. The second-order valence-electron chi connectivity index (χ2n) is 4.03. The predicted octanol–water partition coefficient (Wildman–Crippen LogP) is 4.45. The zero-order chi connectivity index (χ0) is 14.0. The van der Waals surface area contributed by atoms with Gasteiger partial charge in [-0.15, -0.1) is 0 Å². The summed E-state index contributed by atoms with van der Waals surface area (Å²) in [7, 11) is 0. The summed E-state index contributed by atoms with van der Waals surface area (Å²) in [4.78, 5) is 0. The van der Waals surface area contributed by atoms with Gasteiger partial charge in [0.1, 0.15) is 6.61 Å². The summed E-state index contributed by atoms with van der Waals surface area (Å²) in [5.41, 5.74) is 1.80. The van der Waals surface area contributed by atoms with Crippen LogP contribution in [0.3, 0.4) is 0 Å². The van der Waals surface area contributed by atoms with E-state index >= 15 is 0 Å². The fourth-order valence-electron chi connectivity index (χ4n) is 1.75. The van der Waals surface area contributed by atoms with Gasteiger partial charge in [-0.2, -0.15) is 5.10 Å². The van der Waals surface area contributed by atoms with Crippen molar-refractivity contribution in [3.8, 4) is 5.75 Å². The van der Waals surface area contributed by atoms with Crippen molar-refractivity contribution in [1.29, 1.82) is 0 Å². The van der Waals surface area contributed by atoms with Gasteiger partial charge < -0.3 is 4.74 Å². The number of hydrogen-bond acceptors (Lipinski definition) is 2. The van der Waals surface area contributed by atoms with E-state index in [0.29, 0.717) is 4.47 Å². The third-order valence-electron chi connectivity index (χ3n) is 2.71. The van der Waals surface area contributed by atoms with Gasteiger partial charge in [-0.3, -0.25) is 4.68 Å². The van der Waals surface area contributed by atoms with E-state index in [4.69, 9.17) is 4.74 Å². The molecule has 0 radical (unpaired) electrons. The fourth-order valence-corrected chi connectivity index (χ4v) is 2.48. The number of aromatic nitrogens is 2. The molecule has 0 fully saturated rings. The third kappa shape index (κ3) is 3.17. The van der Waals surface area contributed by atoms with Crippen molar-refractivity contribution in [2.75, 3.05) is 0 Å². The summed E-state index contributed by atoms with van der Waals surface area (Å²) in [5, 5.41) is 4.37. The highest BCUT2D eigenvalue weighted by Gasteiger charge is 2.13. The van der Waals surface area contributed by atoms with Crippen molar-refractivity contribution < 1.29 is 9.13 Å². The smallest absolute Gasteiger partial charge is 0.166 e. The molecule has 6 heteroatoms. The average molecular weight is 392 g/mol. The molecule has 1 heterocycles. The largest absolute Gasteiger partial charge is 0.484 e. The van der Waals surface area contributed by atoms with Crippen LogP contribution in [0.25, 0.3) is 0 Å². The van der Waals surface area contributed by atoms with Crippen molar-refractivity contribution in [2.24, 2.45) is 0 Å². The molecule has 0 aliphatic heterocycles. The summed E-state index contributed by atoms with van der Waals surface area (Å²) in [6.07, 6.45) is 0. The summed E-state index contributed by atoms with van der Waals surface area (Å²) in [6.45, 7) is 4.93. The molecule has 2 aromatic rings. The van der Waals surface area contributed by atoms with Gasteiger partial charge in [-0.25, -0.2) is 4.39 Å². The molecule has 0 atom stereocenters. The van der Waals surface area contributed by atoms with Crippen LogP contribution in [-0.2, 0) is 13.2 Å². The molecule has 0 bridgehead atoms. The standard InChI is InChI=1S/C13H13Br2FN2O/c1-3-18-11(13(15)8(2)17-18)7-19-12-5-4-9(14)6-10(12)16/h4-6H,3,7H2,1-2H3. The highest BCUT2D eigenvalue weighted by atomic mass is 79.9. The number of benzene rings is 1. The first-order valence-electron chi connectivity index (χ1n) is 5.82. The zero-order valence-electron chi connectivity index (χ0n) is 10.6. The Hall–Kier alpha value is -0.880. The van der Waals surface area contributed by atoms with Crippen LogP contribution in [-0.4, -0.2) is 9.78 Å². The van der Waals surface area contributed by atoms with Gasteiger partial charge in [0.05, 0.1) is 15.9 Å². The van der Waals surface area contributed by atoms with Crippen LogP contribution in [0.4, 0.5) is 4.39 Å². The van der Waals surface area contributed by atoms with Gasteiger partial charge in [0.2, 0.25) is 0 Å². The Balaban J connectivity index is 2.18. The Morgan fingerprint density at radius 2 is 2.11 bits per heavy atom. The Labute approximate surface area is 128 Å². The number of halogens is 3. The molecule has 0 spiro atoms. The quantitative estimate of drug-likeness (QED) is 0.769. The monoisotopic (exact) mass is 390 g/mol. The van der Waals surface area contributed by atoms with E-state index in [1.54, 1.807) is 12.1 Å². The molecule has 0 aliphatic carbocycles. The van der Waals surface area contributed by atoms with E-state index in [1.807, 2.05) is 18.5 Å². The molecule has 0 N–H and O–H groups in total. The number of rotatable bonds is 4. The minimum Gasteiger partial charge on any atom is -0.484 e. The zero-order valence-corrected chi connectivity index (χ0v) is 13.8. The van der Waals surface area contributed by atoms with Gasteiger partial charge in [-0.1, -0.05) is 15.9 Å². The van der Waals surface area contributed by atoms with E-state index in [9.17, 15) is 4.39 Å². The molecular weight excluding hydrogens is 379 g/mol. The van der Waals surface area contributed by atoms with Gasteiger partial charge in [0, 0.05) is 11.0 Å². The number of ether oxygens (including phenoxy) is 1. The number of nitrogens with zero attached hydrogens (tertiary/aromatic N) is 2. The van der Waals surface area contributed by atoms with E-state index < -0.39 is 0 Å². The first-order chi connectivity index (χ1) is 9.02. The molecule has 1 aromatic carbocycles. The van der Waals surface area contributed by atoms with Crippen LogP contribution in [0.15, 0.2) is 27.1 Å². The average Bonchev–Trinajstić information content (AvgIpc) is 2.65. The SMILES string of the molecule is CCn1nc(C)c(Br)c1COc1ccc(Br)cc1F. The van der Waals surface area contributed by atoms with Crippen LogP contribution in [0.5, 0.6) is 5.75 Å². The van der Waals surface area contributed by atoms with Crippen LogP contribution < -0.4 is 4.74 Å². The second-order valence-corrected chi connectivity index (χ2v) is 5.73. The Morgan fingerprint density at radius 1 is 1.37 bits per heavy atom. The van der Waals surface area contributed by atoms with Crippen LogP contribution in [0, 0.1) is 12.7 Å². The second kappa shape index (κ2) is 6.05. The molecule has 3 nitrogen and oxygen atoms in total. The van der Waals surface area contributed by atoms with Crippen molar-refractivity contribution in [1.82, 2.24) is 9.78 Å². The molecule has 0 amide bonds. The molecule has 0 saturated heterocycles. The minimum absolute atomic E-state index is 0.233. The topological polar surface area (TPSA) is 27.1 Å². The lowest BCUT2D eigenvalue weighted by molar-refractivity contribution is 0.277. The summed E-state index contributed by atoms with van der Waals surface area (Å²) >= 11 is 6.69. The highest BCUT2D eigenvalue weighted by Crippen LogP contribution is 2.25. The summed E-state index contributed by atoms with van der Waals surface area (Å²) in [5.74, 6) is -0.151. The first kappa shape index (κ1) is 14.5. The Kier molecular flexibility index (Phi) is 4.62. The van der Waals surface area contributed by atoms with E-state index in [1.165, 1.54) is 6.07 Å². The summed E-state index contributed by atoms with van der Waals surface area (Å²) in [6, 6.07) is 4.73. The lowest BCUT2D eigenvalue weighted by Gasteiger charge is -2.09. The predicted molar refractivity (Wildman–Crippen MR) is 78.8 cm³/mol. The van der Waals surface area contributed by atoms with E-state index in [-0.39, 0.29) is 18.2 Å². The molecule has 0 unspecified atom stereocenters. The molecule has 102 valence electrons. The number of aryl methyl sites for hydroxylation is 2. The minimum atomic E-state index is -0.384. The molecular formula is C13H13Br2FN2O. The summed E-state index contributed by atoms with van der Waals surface area (Å²) < 4.78 is 22.6. The van der Waals surface area contributed by atoms with Gasteiger partial charge in [0.15, 0.2) is 11.6 Å². The van der Waals surface area contributed by atoms with Crippen LogP contribution in [0.2, 0.25) is 0 Å². The Morgan fingerprint density at radius 3 is 2.74 bits per heavy atom. The maximum atomic E-state index is 13.7. The lowest BCUT2D eigenvalue weighted by Crippen LogP contribution is -2.07. The van der Waals surface area contributed by atoms with E-state index in [0.717, 1.165) is 22.4 Å². The van der Waals surface area contributed by atoms with Gasteiger partial charge in [0.25, 0.3) is 0 Å². The molecule has 1 aromatic heterocycles. The first-order valence-corrected chi connectivity index (χ1v) is 7.41. The maximum absolute atomic E-state index is 13.7. The van der Waals surface area contributed by atoms with Crippen LogP contribution in [0.1, 0.15) is 18.3 Å². The molecule has 0 saturated carbocycles. The molecule has 0 aliphatic rings. The number of hydrogen-bond donors (Lipinski definition) is 0. The maximum Gasteiger partial charge on any atom is 0.166 e. The van der Waals surface area contributed by atoms with Gasteiger partial charge >= 0.3 is 0 Å². The fraction of sp³-hybridized carbons (Fsp3) is 0.308. The van der Waals surface area contributed by atoms with Crippen molar-refractivity contribution in [3.05, 3.63) is 44.3 Å². The van der Waals surface area contributed by atoms with Crippen LogP contribution >= 0.6 is 31.9 Å². The molecule has 2 rings (SSSR count). The van der Waals surface area contributed by atoms with Crippen molar-refractivity contribution in [3.63, 3.8) is 0 Å². The highest BCUT2D eigenvalue weighted by molar-refractivity contribution is 9.10. The van der Waals surface area contributed by atoms with Crippen molar-refractivity contribution in [2.45, 2.75) is 27.0 Å².